The molecule has 20 heavy (non-hydrogen) atoms. The van der Waals surface area contributed by atoms with E-state index in [1.165, 1.54) is 19.4 Å². The van der Waals surface area contributed by atoms with E-state index in [2.05, 4.69) is 20.9 Å². The molecule has 0 spiro atoms. The fraction of sp³-hybridized carbons (Fsp3) is 0.0714. The van der Waals surface area contributed by atoms with Crippen LogP contribution in [0.2, 0.25) is 5.02 Å². The van der Waals surface area contributed by atoms with Gasteiger partial charge in [-0.25, -0.2) is 0 Å². The maximum absolute atomic E-state index is 9.93. The zero-order chi connectivity index (χ0) is 14.7. The molecule has 4 nitrogen and oxygen atoms in total. The first-order valence-electron chi connectivity index (χ1n) is 5.61. The van der Waals surface area contributed by atoms with Gasteiger partial charge in [-0.2, -0.15) is 0 Å². The quantitative estimate of drug-likeness (QED) is 0.807. The number of phenols is 2. The van der Waals surface area contributed by atoms with Crippen molar-refractivity contribution in [2.75, 3.05) is 7.11 Å². The van der Waals surface area contributed by atoms with E-state index in [1.807, 2.05) is 0 Å². The highest BCUT2D eigenvalue weighted by Gasteiger charge is 2.08. The molecule has 6 heteroatoms. The van der Waals surface area contributed by atoms with Crippen LogP contribution >= 0.6 is 27.5 Å². The van der Waals surface area contributed by atoms with Gasteiger partial charge in [-0.05, 0) is 40.2 Å². The first kappa shape index (κ1) is 14.7. The lowest BCUT2D eigenvalue weighted by molar-refractivity contribution is 0.373. The molecule has 0 aliphatic heterocycles. The molecule has 0 saturated heterocycles. The predicted octanol–water partition coefficient (Wildman–Crippen LogP) is 4.27. The standard InChI is InChI=1S/C14H11BrClNO3/c1-20-12-4-2-3-8(13(12)18)7-17-11-6-9(16)5-10(15)14(11)19/h2-7,18-19H,1H3. The average molecular weight is 357 g/mol. The third-order valence-electron chi connectivity index (χ3n) is 2.60. The number of nitrogens with zero attached hydrogens (tertiary/aromatic N) is 1. The van der Waals surface area contributed by atoms with Gasteiger partial charge in [0.2, 0.25) is 0 Å². The van der Waals surface area contributed by atoms with Gasteiger partial charge >= 0.3 is 0 Å². The number of aromatic hydroxyl groups is 2. The molecular weight excluding hydrogens is 346 g/mol. The van der Waals surface area contributed by atoms with Crippen molar-refractivity contribution in [3.05, 3.63) is 45.4 Å². The molecule has 0 saturated carbocycles. The fourth-order valence-electron chi connectivity index (χ4n) is 1.60. The molecule has 2 aromatic rings. The maximum atomic E-state index is 9.93. The zero-order valence-corrected chi connectivity index (χ0v) is 12.8. The molecule has 0 aliphatic carbocycles. The minimum atomic E-state index is -0.0203. The Hall–Kier alpha value is -1.72. The SMILES string of the molecule is COc1cccc(C=Nc2cc(Cl)cc(Br)c2O)c1O. The third kappa shape index (κ3) is 3.05. The summed E-state index contributed by atoms with van der Waals surface area (Å²) in [5, 5.41) is 20.2. The van der Waals surface area contributed by atoms with Crippen LogP contribution in [0.4, 0.5) is 5.69 Å². The van der Waals surface area contributed by atoms with E-state index in [9.17, 15) is 10.2 Å². The van der Waals surface area contributed by atoms with Crippen molar-refractivity contribution in [2.24, 2.45) is 4.99 Å². The minimum Gasteiger partial charge on any atom is -0.505 e. The maximum Gasteiger partial charge on any atom is 0.166 e. The average Bonchev–Trinajstić information content (AvgIpc) is 2.42. The number of ether oxygens (including phenoxy) is 1. The summed E-state index contributed by atoms with van der Waals surface area (Å²) in [6, 6.07) is 8.14. The summed E-state index contributed by atoms with van der Waals surface area (Å²) in [5.74, 6) is 0.317. The second-order valence-corrected chi connectivity index (χ2v) is 5.20. The number of methoxy groups -OCH3 is 1. The van der Waals surface area contributed by atoms with Crippen molar-refractivity contribution < 1.29 is 14.9 Å². The van der Waals surface area contributed by atoms with Gasteiger partial charge in [-0.3, -0.25) is 4.99 Å². The Morgan fingerprint density at radius 2 is 2.00 bits per heavy atom. The van der Waals surface area contributed by atoms with Gasteiger partial charge in [0.05, 0.1) is 11.6 Å². The second kappa shape index (κ2) is 6.15. The Morgan fingerprint density at radius 3 is 2.70 bits per heavy atom. The summed E-state index contributed by atoms with van der Waals surface area (Å²) in [7, 11) is 1.47. The number of benzene rings is 2. The number of rotatable bonds is 3. The molecule has 2 N–H and O–H groups in total. The highest BCUT2D eigenvalue weighted by Crippen LogP contribution is 2.37. The number of aliphatic imine (C=N–C) groups is 1. The summed E-state index contributed by atoms with van der Waals surface area (Å²) in [5.41, 5.74) is 0.770. The number of hydrogen-bond donors (Lipinski definition) is 2. The van der Waals surface area contributed by atoms with Crippen molar-refractivity contribution in [1.29, 1.82) is 0 Å². The molecule has 0 aliphatic rings. The van der Waals surface area contributed by atoms with E-state index < -0.39 is 0 Å². The van der Waals surface area contributed by atoms with E-state index in [0.29, 0.717) is 26.5 Å². The first-order chi connectivity index (χ1) is 9.52. The van der Waals surface area contributed by atoms with E-state index in [1.54, 1.807) is 24.3 Å². The number of hydrogen-bond acceptors (Lipinski definition) is 4. The largest absolute Gasteiger partial charge is 0.505 e. The van der Waals surface area contributed by atoms with Crippen molar-refractivity contribution >= 4 is 39.4 Å². The van der Waals surface area contributed by atoms with Gasteiger partial charge < -0.3 is 14.9 Å². The molecule has 2 aromatic carbocycles. The summed E-state index contributed by atoms with van der Waals surface area (Å²) < 4.78 is 5.46. The van der Waals surface area contributed by atoms with Crippen molar-refractivity contribution in [3.63, 3.8) is 0 Å². The summed E-state index contributed by atoms with van der Waals surface area (Å²) in [4.78, 5) is 4.13. The smallest absolute Gasteiger partial charge is 0.166 e. The van der Waals surface area contributed by atoms with E-state index in [4.69, 9.17) is 16.3 Å². The fourth-order valence-corrected chi connectivity index (χ4v) is 2.39. The van der Waals surface area contributed by atoms with Crippen LogP contribution in [-0.4, -0.2) is 23.5 Å². The summed E-state index contributed by atoms with van der Waals surface area (Å²) >= 11 is 9.08. The summed E-state index contributed by atoms with van der Waals surface area (Å²) in [6.07, 6.45) is 1.43. The number of para-hydroxylation sites is 1. The Labute approximate surface area is 129 Å². The van der Waals surface area contributed by atoms with Gasteiger partial charge in [-0.15, -0.1) is 0 Å². The molecule has 2 rings (SSSR count). The molecule has 0 radical (unpaired) electrons. The van der Waals surface area contributed by atoms with Crippen molar-refractivity contribution in [2.45, 2.75) is 0 Å². The Morgan fingerprint density at radius 1 is 1.25 bits per heavy atom. The first-order valence-corrected chi connectivity index (χ1v) is 6.78. The Balaban J connectivity index is 2.40. The highest BCUT2D eigenvalue weighted by atomic mass is 79.9. The monoisotopic (exact) mass is 355 g/mol. The molecule has 0 unspecified atom stereocenters. The third-order valence-corrected chi connectivity index (χ3v) is 3.42. The molecule has 0 heterocycles. The van der Waals surface area contributed by atoms with Crippen LogP contribution in [0.5, 0.6) is 17.2 Å². The normalized spacial score (nSPS) is 10.9. The number of phenolic OH excluding ortho intramolecular Hbond substituents is 2. The van der Waals surface area contributed by atoms with Gasteiger partial charge in [0.1, 0.15) is 5.69 Å². The van der Waals surface area contributed by atoms with Crippen molar-refractivity contribution in [1.82, 2.24) is 0 Å². The highest BCUT2D eigenvalue weighted by molar-refractivity contribution is 9.10. The van der Waals surface area contributed by atoms with Gasteiger partial charge in [-0.1, -0.05) is 17.7 Å². The molecule has 0 bridgehead atoms. The van der Waals surface area contributed by atoms with Crippen LogP contribution in [0, 0.1) is 0 Å². The minimum absolute atomic E-state index is 0.0145. The lowest BCUT2D eigenvalue weighted by Gasteiger charge is -2.05. The lowest BCUT2D eigenvalue weighted by atomic mass is 10.2. The molecular formula is C14H11BrClNO3. The van der Waals surface area contributed by atoms with Gasteiger partial charge in [0.15, 0.2) is 17.2 Å². The van der Waals surface area contributed by atoms with Crippen LogP contribution in [0.3, 0.4) is 0 Å². The Kier molecular flexibility index (Phi) is 4.52. The van der Waals surface area contributed by atoms with Crippen LogP contribution in [0.15, 0.2) is 39.8 Å². The Bertz CT molecular complexity index is 674. The predicted molar refractivity (Wildman–Crippen MR) is 82.7 cm³/mol. The lowest BCUT2D eigenvalue weighted by Crippen LogP contribution is -1.88. The number of halogens is 2. The van der Waals surface area contributed by atoms with Crippen LogP contribution in [0.25, 0.3) is 0 Å². The molecule has 0 fully saturated rings. The molecule has 104 valence electrons. The van der Waals surface area contributed by atoms with Crippen LogP contribution in [-0.2, 0) is 0 Å². The van der Waals surface area contributed by atoms with Gasteiger partial charge in [0, 0.05) is 16.8 Å². The second-order valence-electron chi connectivity index (χ2n) is 3.91. The van der Waals surface area contributed by atoms with Crippen LogP contribution < -0.4 is 4.74 Å². The van der Waals surface area contributed by atoms with Crippen LogP contribution in [0.1, 0.15) is 5.56 Å². The zero-order valence-electron chi connectivity index (χ0n) is 10.5. The van der Waals surface area contributed by atoms with E-state index in [-0.39, 0.29) is 11.5 Å². The van der Waals surface area contributed by atoms with Gasteiger partial charge in [0.25, 0.3) is 0 Å². The van der Waals surface area contributed by atoms with E-state index >= 15 is 0 Å². The van der Waals surface area contributed by atoms with Crippen molar-refractivity contribution in [3.8, 4) is 17.2 Å². The molecule has 0 aromatic heterocycles. The molecule has 0 atom stereocenters. The van der Waals surface area contributed by atoms with E-state index in [0.717, 1.165) is 0 Å². The topological polar surface area (TPSA) is 62.0 Å². The molecule has 0 amide bonds. The summed E-state index contributed by atoms with van der Waals surface area (Å²) in [6.45, 7) is 0.